The van der Waals surface area contributed by atoms with Gasteiger partial charge in [-0.25, -0.2) is 12.9 Å². The van der Waals surface area contributed by atoms with Gasteiger partial charge in [0, 0.05) is 29.1 Å². The summed E-state index contributed by atoms with van der Waals surface area (Å²) >= 11 is 0. The summed E-state index contributed by atoms with van der Waals surface area (Å²) < 4.78 is 35.4. The summed E-state index contributed by atoms with van der Waals surface area (Å²) in [6.45, 7) is 12.5. The van der Waals surface area contributed by atoms with E-state index in [1.165, 1.54) is 6.42 Å². The minimum absolute atomic E-state index is 0.0526. The molecule has 0 aliphatic rings. The van der Waals surface area contributed by atoms with Crippen molar-refractivity contribution < 1.29 is 17.9 Å². The Hall–Kier alpha value is -3.08. The third-order valence-corrected chi connectivity index (χ3v) is 7.97. The highest BCUT2D eigenvalue weighted by Gasteiger charge is 2.29. The normalized spacial score (nSPS) is 12.6. The fourth-order valence-corrected chi connectivity index (χ4v) is 5.35. The standard InChI is InChI=1S/C28H44N6O4S/c1-7-8-9-10-11-14-17-39(36,37)33-21-15-12-13-16-22(21)38-19-25(35)29-20-28(5,6)26-31-30-24-18-23(27(2,3)4)32-34(24)26/h12-13,15-16,18,32-33H,7-11,14,17,19-20H2,1-6H3,(H,29,35). The molecule has 0 saturated carbocycles. The van der Waals surface area contributed by atoms with E-state index in [0.717, 1.165) is 37.0 Å². The number of aromatic nitrogens is 4. The van der Waals surface area contributed by atoms with Crippen LogP contribution < -0.4 is 14.8 Å². The molecule has 0 bridgehead atoms. The third-order valence-electron chi connectivity index (χ3n) is 6.61. The lowest BCUT2D eigenvalue weighted by Gasteiger charge is -2.23. The first-order valence-electron chi connectivity index (χ1n) is 13.8. The number of para-hydroxylation sites is 2. The van der Waals surface area contributed by atoms with Gasteiger partial charge in [-0.1, -0.05) is 85.8 Å². The second-order valence-electron chi connectivity index (χ2n) is 11.8. The average molecular weight is 561 g/mol. The zero-order valence-electron chi connectivity index (χ0n) is 24.1. The number of nitrogens with zero attached hydrogens (tertiary/aromatic N) is 3. The summed E-state index contributed by atoms with van der Waals surface area (Å²) in [6, 6.07) is 8.72. The molecule has 3 rings (SSSR count). The van der Waals surface area contributed by atoms with Gasteiger partial charge >= 0.3 is 0 Å². The number of benzene rings is 1. The number of rotatable bonds is 15. The molecule has 3 aromatic rings. The number of unbranched alkanes of at least 4 members (excludes halogenated alkanes) is 5. The van der Waals surface area contributed by atoms with Gasteiger partial charge in [0.05, 0.1) is 11.4 Å². The molecule has 0 atom stereocenters. The summed E-state index contributed by atoms with van der Waals surface area (Å²) in [6.07, 6.45) is 6.00. The number of sulfonamides is 1. The molecule has 1 aromatic carbocycles. The molecular weight excluding hydrogens is 516 g/mol. The van der Waals surface area contributed by atoms with Crippen molar-refractivity contribution in [1.82, 2.24) is 25.1 Å². The number of H-pyrrole nitrogens is 1. The van der Waals surface area contributed by atoms with E-state index in [4.69, 9.17) is 4.74 Å². The van der Waals surface area contributed by atoms with E-state index in [9.17, 15) is 13.2 Å². The van der Waals surface area contributed by atoms with E-state index in [1.807, 2.05) is 24.4 Å². The second kappa shape index (κ2) is 12.8. The number of ether oxygens (including phenoxy) is 1. The molecule has 0 aliphatic carbocycles. The minimum atomic E-state index is -3.52. The van der Waals surface area contributed by atoms with Crippen LogP contribution in [0.2, 0.25) is 0 Å². The highest BCUT2D eigenvalue weighted by Crippen LogP contribution is 2.27. The molecule has 0 radical (unpaired) electrons. The van der Waals surface area contributed by atoms with Crippen molar-refractivity contribution in [3.05, 3.63) is 41.9 Å². The molecule has 216 valence electrons. The first kappa shape index (κ1) is 30.5. The second-order valence-corrected chi connectivity index (χ2v) is 13.6. The van der Waals surface area contributed by atoms with Crippen LogP contribution in [0.1, 0.15) is 91.6 Å². The van der Waals surface area contributed by atoms with Crippen LogP contribution in [0.4, 0.5) is 5.69 Å². The molecule has 1 amide bonds. The molecule has 0 aliphatic heterocycles. The Balaban J connectivity index is 1.54. The first-order valence-corrected chi connectivity index (χ1v) is 15.4. The quantitative estimate of drug-likeness (QED) is 0.226. The van der Waals surface area contributed by atoms with E-state index in [-0.39, 0.29) is 23.7 Å². The van der Waals surface area contributed by atoms with Crippen LogP contribution in [0.15, 0.2) is 30.3 Å². The topological polar surface area (TPSA) is 130 Å². The van der Waals surface area contributed by atoms with E-state index >= 15 is 0 Å². The Morgan fingerprint density at radius 3 is 2.44 bits per heavy atom. The predicted molar refractivity (Wildman–Crippen MR) is 155 cm³/mol. The van der Waals surface area contributed by atoms with Crippen molar-refractivity contribution in [2.75, 3.05) is 23.6 Å². The van der Waals surface area contributed by atoms with Crippen molar-refractivity contribution in [2.45, 2.75) is 90.9 Å². The zero-order valence-corrected chi connectivity index (χ0v) is 25.0. The maximum atomic E-state index is 12.7. The molecule has 0 fully saturated rings. The van der Waals surface area contributed by atoms with Gasteiger partial charge < -0.3 is 10.1 Å². The van der Waals surface area contributed by atoms with Gasteiger partial charge in [-0.3, -0.25) is 14.6 Å². The number of aromatic amines is 1. The summed E-state index contributed by atoms with van der Waals surface area (Å²) in [5, 5.41) is 14.9. The van der Waals surface area contributed by atoms with Crippen molar-refractivity contribution in [2.24, 2.45) is 0 Å². The monoisotopic (exact) mass is 560 g/mol. The number of nitrogens with one attached hydrogen (secondary N) is 3. The highest BCUT2D eigenvalue weighted by atomic mass is 32.2. The fraction of sp³-hybridized carbons (Fsp3) is 0.607. The summed E-state index contributed by atoms with van der Waals surface area (Å²) in [7, 11) is -3.52. The number of carbonyl (C=O) groups excluding carboxylic acids is 1. The van der Waals surface area contributed by atoms with Gasteiger partial charge in [0.2, 0.25) is 10.0 Å². The number of anilines is 1. The van der Waals surface area contributed by atoms with E-state index < -0.39 is 15.4 Å². The lowest BCUT2D eigenvalue weighted by atomic mass is 9.92. The number of carbonyl (C=O) groups is 1. The molecule has 39 heavy (non-hydrogen) atoms. The van der Waals surface area contributed by atoms with Crippen LogP contribution in [0.3, 0.4) is 0 Å². The van der Waals surface area contributed by atoms with E-state index in [2.05, 4.69) is 53.0 Å². The van der Waals surface area contributed by atoms with Crippen molar-refractivity contribution in [3.63, 3.8) is 0 Å². The van der Waals surface area contributed by atoms with Gasteiger partial charge in [0.15, 0.2) is 18.1 Å². The van der Waals surface area contributed by atoms with Crippen LogP contribution in [0.25, 0.3) is 5.65 Å². The van der Waals surface area contributed by atoms with Crippen molar-refractivity contribution in [3.8, 4) is 5.75 Å². The number of fused-ring (bicyclic) bond motifs is 1. The summed E-state index contributed by atoms with van der Waals surface area (Å²) in [5.41, 5.74) is 1.52. The number of amides is 1. The Labute approximate surface area is 232 Å². The van der Waals surface area contributed by atoms with Gasteiger partial charge in [-0.05, 0) is 18.6 Å². The smallest absolute Gasteiger partial charge is 0.257 e. The van der Waals surface area contributed by atoms with Crippen LogP contribution in [0, 0.1) is 0 Å². The Morgan fingerprint density at radius 2 is 1.72 bits per heavy atom. The van der Waals surface area contributed by atoms with Crippen LogP contribution >= 0.6 is 0 Å². The maximum absolute atomic E-state index is 12.7. The lowest BCUT2D eigenvalue weighted by molar-refractivity contribution is -0.123. The SMILES string of the molecule is CCCCCCCCS(=O)(=O)Nc1ccccc1OCC(=O)NCC(C)(C)c1nnc2cc(C(C)(C)C)[nH]n12. The minimum Gasteiger partial charge on any atom is -0.482 e. The van der Waals surface area contributed by atoms with Crippen LogP contribution in [-0.4, -0.2) is 53.0 Å². The van der Waals surface area contributed by atoms with Crippen LogP contribution in [-0.2, 0) is 25.6 Å². The predicted octanol–water partition coefficient (Wildman–Crippen LogP) is 4.93. The Kier molecular flexibility index (Phi) is 10.0. The molecule has 3 N–H and O–H groups in total. The fourth-order valence-electron chi connectivity index (χ4n) is 4.16. The Morgan fingerprint density at radius 1 is 1.03 bits per heavy atom. The van der Waals surface area contributed by atoms with E-state index in [1.54, 1.807) is 24.3 Å². The lowest BCUT2D eigenvalue weighted by Crippen LogP contribution is -2.40. The molecule has 2 heterocycles. The number of hydrogen-bond acceptors (Lipinski definition) is 6. The first-order chi connectivity index (χ1) is 18.3. The Bertz CT molecular complexity index is 1340. The van der Waals surface area contributed by atoms with Gasteiger partial charge in [-0.15, -0.1) is 10.2 Å². The average Bonchev–Trinajstić information content (AvgIpc) is 3.46. The van der Waals surface area contributed by atoms with Gasteiger partial charge in [0.1, 0.15) is 5.75 Å². The molecule has 11 heteroatoms. The van der Waals surface area contributed by atoms with Gasteiger partial charge in [0.25, 0.3) is 5.91 Å². The van der Waals surface area contributed by atoms with E-state index in [0.29, 0.717) is 30.2 Å². The van der Waals surface area contributed by atoms with Gasteiger partial charge in [-0.2, -0.15) is 0 Å². The third kappa shape index (κ3) is 8.71. The molecular formula is C28H44N6O4S. The number of hydrogen-bond donors (Lipinski definition) is 3. The van der Waals surface area contributed by atoms with Crippen molar-refractivity contribution in [1.29, 1.82) is 0 Å². The molecule has 10 nitrogen and oxygen atoms in total. The molecule has 0 unspecified atom stereocenters. The molecule has 0 spiro atoms. The largest absolute Gasteiger partial charge is 0.482 e. The maximum Gasteiger partial charge on any atom is 0.257 e. The highest BCUT2D eigenvalue weighted by molar-refractivity contribution is 7.92. The zero-order chi connectivity index (χ0) is 28.7. The molecule has 0 saturated heterocycles. The van der Waals surface area contributed by atoms with Crippen LogP contribution in [0.5, 0.6) is 5.75 Å². The van der Waals surface area contributed by atoms with Crippen molar-refractivity contribution >= 4 is 27.3 Å². The molecule has 2 aromatic heterocycles. The summed E-state index contributed by atoms with van der Waals surface area (Å²) in [5.74, 6) is 0.741. The summed E-state index contributed by atoms with van der Waals surface area (Å²) in [4.78, 5) is 12.7.